The standard InChI is InChI=1S/C15H21NO4S/c1-3-4-8-13(15(18)19)16-14(17)12-7-5-6-11(9-12)10-21(2)20/h5-7,9,13H,3-4,8,10H2,1-2H3,(H,16,17)(H,18,19)/t13-,21?/m0/s1. The van der Waals surface area contributed by atoms with Gasteiger partial charge in [0.05, 0.1) is 0 Å². The Labute approximate surface area is 127 Å². The number of benzene rings is 1. The lowest BCUT2D eigenvalue weighted by Crippen LogP contribution is -2.40. The predicted molar refractivity (Wildman–Crippen MR) is 82.6 cm³/mol. The van der Waals surface area contributed by atoms with Gasteiger partial charge in [0.25, 0.3) is 5.91 Å². The first-order valence-corrected chi connectivity index (χ1v) is 8.59. The molecule has 1 aromatic rings. The van der Waals surface area contributed by atoms with Crippen molar-refractivity contribution in [2.24, 2.45) is 0 Å². The summed E-state index contributed by atoms with van der Waals surface area (Å²) in [6, 6.07) is 5.90. The van der Waals surface area contributed by atoms with Gasteiger partial charge in [-0.25, -0.2) is 4.79 Å². The number of amides is 1. The largest absolute Gasteiger partial charge is 0.480 e. The summed E-state index contributed by atoms with van der Waals surface area (Å²) in [5.74, 6) is -1.07. The van der Waals surface area contributed by atoms with Crippen LogP contribution >= 0.6 is 0 Å². The molecule has 1 amide bonds. The minimum absolute atomic E-state index is 0.374. The molecule has 0 aliphatic carbocycles. The Morgan fingerprint density at radius 2 is 2.10 bits per heavy atom. The number of carboxylic acids is 1. The zero-order chi connectivity index (χ0) is 15.8. The van der Waals surface area contributed by atoms with Crippen molar-refractivity contribution >= 4 is 22.7 Å². The van der Waals surface area contributed by atoms with Crippen LogP contribution in [0, 0.1) is 0 Å². The van der Waals surface area contributed by atoms with E-state index in [1.54, 1.807) is 30.5 Å². The van der Waals surface area contributed by atoms with Crippen LogP contribution in [0.1, 0.15) is 42.1 Å². The second kappa shape index (κ2) is 8.56. The average Bonchev–Trinajstić information content (AvgIpc) is 2.42. The first kappa shape index (κ1) is 17.4. The fraction of sp³-hybridized carbons (Fsp3) is 0.467. The predicted octanol–water partition coefficient (Wildman–Crippen LogP) is 1.94. The van der Waals surface area contributed by atoms with E-state index in [2.05, 4.69) is 5.32 Å². The Balaban J connectivity index is 2.77. The lowest BCUT2D eigenvalue weighted by Gasteiger charge is -2.14. The van der Waals surface area contributed by atoms with E-state index in [0.29, 0.717) is 17.7 Å². The van der Waals surface area contributed by atoms with Crippen LogP contribution in [0.25, 0.3) is 0 Å². The number of carbonyl (C=O) groups is 2. The number of rotatable bonds is 8. The fourth-order valence-electron chi connectivity index (χ4n) is 1.94. The molecule has 0 heterocycles. The average molecular weight is 311 g/mol. The second-order valence-electron chi connectivity index (χ2n) is 4.92. The van der Waals surface area contributed by atoms with Gasteiger partial charge < -0.3 is 10.4 Å². The number of unbranched alkanes of at least 4 members (excludes halogenated alkanes) is 1. The fourth-order valence-corrected chi connectivity index (χ4v) is 2.59. The molecule has 2 atom stereocenters. The van der Waals surface area contributed by atoms with Crippen LogP contribution in [0.4, 0.5) is 0 Å². The molecule has 6 heteroatoms. The van der Waals surface area contributed by atoms with Crippen LogP contribution in [0.2, 0.25) is 0 Å². The van der Waals surface area contributed by atoms with Gasteiger partial charge in [0.2, 0.25) is 0 Å². The molecule has 1 rings (SSSR count). The topological polar surface area (TPSA) is 83.5 Å². The van der Waals surface area contributed by atoms with Gasteiger partial charge in [-0.2, -0.15) is 0 Å². The number of carboxylic acid groups (broad SMARTS) is 1. The summed E-state index contributed by atoms with van der Waals surface area (Å²) in [7, 11) is -0.986. The summed E-state index contributed by atoms with van der Waals surface area (Å²) in [6.45, 7) is 1.97. The molecular formula is C15H21NO4S. The van der Waals surface area contributed by atoms with Gasteiger partial charge in [-0.15, -0.1) is 0 Å². The molecule has 0 spiro atoms. The molecule has 0 bridgehead atoms. The van der Waals surface area contributed by atoms with Crippen LogP contribution in [-0.2, 0) is 21.3 Å². The summed E-state index contributed by atoms with van der Waals surface area (Å²) in [6.07, 6.45) is 3.62. The van der Waals surface area contributed by atoms with Gasteiger partial charge in [-0.1, -0.05) is 31.9 Å². The molecule has 1 aromatic carbocycles. The Morgan fingerprint density at radius 1 is 1.38 bits per heavy atom. The Morgan fingerprint density at radius 3 is 2.67 bits per heavy atom. The third kappa shape index (κ3) is 6.08. The van der Waals surface area contributed by atoms with E-state index in [1.165, 1.54) is 0 Å². The molecule has 0 aliphatic heterocycles. The highest BCUT2D eigenvalue weighted by Crippen LogP contribution is 2.09. The van der Waals surface area contributed by atoms with Crippen molar-refractivity contribution in [3.63, 3.8) is 0 Å². The Bertz CT molecular complexity index is 530. The molecule has 116 valence electrons. The molecule has 0 saturated carbocycles. The van der Waals surface area contributed by atoms with Crippen molar-refractivity contribution in [3.05, 3.63) is 35.4 Å². The number of hydrogen-bond acceptors (Lipinski definition) is 3. The van der Waals surface area contributed by atoms with E-state index < -0.39 is 28.7 Å². The number of carbonyl (C=O) groups excluding carboxylic acids is 1. The highest BCUT2D eigenvalue weighted by molar-refractivity contribution is 7.83. The van der Waals surface area contributed by atoms with Gasteiger partial charge in [-0.05, 0) is 24.1 Å². The maximum absolute atomic E-state index is 12.1. The van der Waals surface area contributed by atoms with Crippen LogP contribution in [0.15, 0.2) is 24.3 Å². The normalized spacial score (nSPS) is 13.4. The molecule has 0 aliphatic rings. The van der Waals surface area contributed by atoms with Gasteiger partial charge >= 0.3 is 5.97 Å². The summed E-state index contributed by atoms with van der Waals surface area (Å²) < 4.78 is 11.2. The smallest absolute Gasteiger partial charge is 0.326 e. The van der Waals surface area contributed by atoms with E-state index in [-0.39, 0.29) is 0 Å². The minimum Gasteiger partial charge on any atom is -0.480 e. The molecule has 2 N–H and O–H groups in total. The Hall–Kier alpha value is -1.69. The summed E-state index contributed by atoms with van der Waals surface area (Å²) in [5, 5.41) is 11.6. The molecule has 0 radical (unpaired) electrons. The number of nitrogens with one attached hydrogen (secondary N) is 1. The molecule has 5 nitrogen and oxygen atoms in total. The van der Waals surface area contributed by atoms with Crippen LogP contribution in [0.3, 0.4) is 0 Å². The van der Waals surface area contributed by atoms with Gasteiger partial charge in [0.15, 0.2) is 0 Å². The molecule has 0 saturated heterocycles. The van der Waals surface area contributed by atoms with Crippen molar-refractivity contribution in [1.82, 2.24) is 5.32 Å². The first-order chi connectivity index (χ1) is 9.93. The molecule has 21 heavy (non-hydrogen) atoms. The van der Waals surface area contributed by atoms with Gasteiger partial charge in [-0.3, -0.25) is 9.00 Å². The van der Waals surface area contributed by atoms with E-state index in [4.69, 9.17) is 5.11 Å². The van der Waals surface area contributed by atoms with E-state index in [0.717, 1.165) is 18.4 Å². The summed E-state index contributed by atoms with van der Waals surface area (Å²) >= 11 is 0. The summed E-state index contributed by atoms with van der Waals surface area (Å²) in [4.78, 5) is 23.2. The SMILES string of the molecule is CCCC[C@H](NC(=O)c1cccc(CS(C)=O)c1)C(=O)O. The highest BCUT2D eigenvalue weighted by Gasteiger charge is 2.20. The maximum atomic E-state index is 12.1. The summed E-state index contributed by atoms with van der Waals surface area (Å²) in [5.41, 5.74) is 1.18. The molecule has 1 unspecified atom stereocenters. The monoisotopic (exact) mass is 311 g/mol. The van der Waals surface area contributed by atoms with Gasteiger partial charge in [0.1, 0.15) is 6.04 Å². The Kier molecular flexibility index (Phi) is 7.08. The van der Waals surface area contributed by atoms with E-state index in [9.17, 15) is 13.8 Å². The van der Waals surface area contributed by atoms with Crippen LogP contribution in [-0.4, -0.2) is 33.5 Å². The zero-order valence-electron chi connectivity index (χ0n) is 12.3. The third-order valence-electron chi connectivity index (χ3n) is 3.01. The van der Waals surface area contributed by atoms with Gasteiger partial charge in [0, 0.05) is 28.4 Å². The molecule has 0 aromatic heterocycles. The highest BCUT2D eigenvalue weighted by atomic mass is 32.2. The quantitative estimate of drug-likeness (QED) is 0.768. The van der Waals surface area contributed by atoms with E-state index in [1.807, 2.05) is 6.92 Å². The van der Waals surface area contributed by atoms with Crippen molar-refractivity contribution in [3.8, 4) is 0 Å². The van der Waals surface area contributed by atoms with E-state index >= 15 is 0 Å². The van der Waals surface area contributed by atoms with Crippen molar-refractivity contribution in [1.29, 1.82) is 0 Å². The third-order valence-corrected chi connectivity index (χ3v) is 3.75. The molecule has 0 fully saturated rings. The molecular weight excluding hydrogens is 290 g/mol. The van der Waals surface area contributed by atoms with Crippen LogP contribution < -0.4 is 5.32 Å². The number of hydrogen-bond donors (Lipinski definition) is 2. The minimum atomic E-state index is -1.03. The lowest BCUT2D eigenvalue weighted by atomic mass is 10.1. The number of aliphatic carboxylic acids is 1. The zero-order valence-corrected chi connectivity index (χ0v) is 13.1. The maximum Gasteiger partial charge on any atom is 0.326 e. The first-order valence-electron chi connectivity index (χ1n) is 6.86. The van der Waals surface area contributed by atoms with Crippen LogP contribution in [0.5, 0.6) is 0 Å². The van der Waals surface area contributed by atoms with Crippen molar-refractivity contribution in [2.45, 2.75) is 38.0 Å². The van der Waals surface area contributed by atoms with Crippen molar-refractivity contribution < 1.29 is 18.9 Å². The van der Waals surface area contributed by atoms with Crippen molar-refractivity contribution in [2.75, 3.05) is 6.26 Å². The lowest BCUT2D eigenvalue weighted by molar-refractivity contribution is -0.139. The second-order valence-corrected chi connectivity index (χ2v) is 6.36.